The molecule has 0 N–H and O–H groups in total. The Hall–Kier alpha value is -2.36. The second-order valence-electron chi connectivity index (χ2n) is 7.24. The molecule has 0 bridgehead atoms. The zero-order chi connectivity index (χ0) is 17.2. The van der Waals surface area contributed by atoms with E-state index in [2.05, 4.69) is 41.1 Å². The van der Waals surface area contributed by atoms with Crippen LogP contribution in [0.2, 0.25) is 0 Å². The molecule has 0 spiro atoms. The Bertz CT molecular complexity index is 752. The zero-order valence-corrected chi connectivity index (χ0v) is 14.8. The lowest BCUT2D eigenvalue weighted by Crippen LogP contribution is -2.40. The maximum absolute atomic E-state index is 13.0. The highest BCUT2D eigenvalue weighted by Crippen LogP contribution is 2.28. The maximum atomic E-state index is 13.0. The first-order valence-electron chi connectivity index (χ1n) is 9.27. The van der Waals surface area contributed by atoms with Crippen LogP contribution in [0.3, 0.4) is 0 Å². The molecule has 1 unspecified atom stereocenters. The molecule has 25 heavy (non-hydrogen) atoms. The summed E-state index contributed by atoms with van der Waals surface area (Å²) < 4.78 is 0. The molecule has 4 rings (SSSR count). The molecule has 2 saturated heterocycles. The Morgan fingerprint density at radius 3 is 2.60 bits per heavy atom. The van der Waals surface area contributed by atoms with Gasteiger partial charge in [0.1, 0.15) is 5.82 Å². The van der Waals surface area contributed by atoms with Gasteiger partial charge < -0.3 is 9.80 Å². The number of anilines is 1. The van der Waals surface area contributed by atoms with Crippen LogP contribution >= 0.6 is 0 Å². The summed E-state index contributed by atoms with van der Waals surface area (Å²) in [6, 6.07) is 12.6. The van der Waals surface area contributed by atoms with Gasteiger partial charge in [0, 0.05) is 43.9 Å². The van der Waals surface area contributed by atoms with Crippen LogP contribution in [-0.4, -0.2) is 42.0 Å². The van der Waals surface area contributed by atoms with E-state index >= 15 is 0 Å². The average Bonchev–Trinajstić information content (AvgIpc) is 2.61. The lowest BCUT2D eigenvalue weighted by molar-refractivity contribution is 0.0707. The summed E-state index contributed by atoms with van der Waals surface area (Å²) in [5, 5.41) is 0. The maximum Gasteiger partial charge on any atom is 0.254 e. The van der Waals surface area contributed by atoms with E-state index in [1.807, 2.05) is 17.0 Å². The number of rotatable bonds is 3. The van der Waals surface area contributed by atoms with Crippen molar-refractivity contribution >= 4 is 11.7 Å². The fourth-order valence-corrected chi connectivity index (χ4v) is 3.72. The highest BCUT2D eigenvalue weighted by molar-refractivity contribution is 5.95. The summed E-state index contributed by atoms with van der Waals surface area (Å²) in [4.78, 5) is 21.6. The highest BCUT2D eigenvalue weighted by atomic mass is 16.2. The monoisotopic (exact) mass is 335 g/mol. The molecular formula is C21H25N3O. The van der Waals surface area contributed by atoms with Crippen molar-refractivity contribution in [2.75, 3.05) is 31.1 Å². The van der Waals surface area contributed by atoms with Crippen molar-refractivity contribution in [3.05, 3.63) is 59.3 Å². The lowest BCUT2D eigenvalue weighted by atomic mass is 9.90. The van der Waals surface area contributed by atoms with Gasteiger partial charge in [-0.1, -0.05) is 29.8 Å². The Balaban J connectivity index is 1.49. The minimum atomic E-state index is 0.140. The number of aromatic nitrogens is 1. The van der Waals surface area contributed by atoms with Crippen molar-refractivity contribution in [2.24, 2.45) is 0 Å². The van der Waals surface area contributed by atoms with Gasteiger partial charge in [-0.3, -0.25) is 4.79 Å². The number of amides is 1. The van der Waals surface area contributed by atoms with Gasteiger partial charge in [0.15, 0.2) is 0 Å². The van der Waals surface area contributed by atoms with Crippen LogP contribution in [0.4, 0.5) is 5.82 Å². The third-order valence-corrected chi connectivity index (χ3v) is 5.43. The van der Waals surface area contributed by atoms with Gasteiger partial charge in [-0.2, -0.15) is 0 Å². The van der Waals surface area contributed by atoms with Crippen LogP contribution < -0.4 is 4.90 Å². The van der Waals surface area contributed by atoms with E-state index in [9.17, 15) is 4.79 Å². The fraction of sp³-hybridized carbons (Fsp3) is 0.429. The molecule has 2 aliphatic heterocycles. The second kappa shape index (κ2) is 6.87. The predicted octanol–water partition coefficient (Wildman–Crippen LogP) is 3.62. The predicted molar refractivity (Wildman–Crippen MR) is 100 cm³/mol. The highest BCUT2D eigenvalue weighted by Gasteiger charge is 2.26. The number of piperidine rings is 1. The van der Waals surface area contributed by atoms with Crippen molar-refractivity contribution in [3.63, 3.8) is 0 Å². The molecule has 2 aliphatic rings. The van der Waals surface area contributed by atoms with Gasteiger partial charge in [0.2, 0.25) is 0 Å². The van der Waals surface area contributed by atoms with Crippen LogP contribution in [-0.2, 0) is 0 Å². The molecule has 1 amide bonds. The molecule has 1 atom stereocenters. The topological polar surface area (TPSA) is 36.4 Å². The van der Waals surface area contributed by atoms with Crippen LogP contribution in [0, 0.1) is 6.92 Å². The number of hydrogen-bond donors (Lipinski definition) is 0. The summed E-state index contributed by atoms with van der Waals surface area (Å²) >= 11 is 0. The summed E-state index contributed by atoms with van der Waals surface area (Å²) in [5.41, 5.74) is 3.39. The molecule has 130 valence electrons. The SMILES string of the molecule is Cc1ccc(C2CCCN(C(=O)c3ccnc(N4CCC4)c3)C2)cc1. The standard InChI is InChI=1S/C21H25N3O/c1-16-5-7-17(8-6-16)19-4-2-11-24(15-19)21(25)18-9-10-22-20(14-18)23-12-3-13-23/h5-10,14,19H,2-4,11-13,15H2,1H3. The van der Waals surface area contributed by atoms with Gasteiger partial charge >= 0.3 is 0 Å². The van der Waals surface area contributed by atoms with Crippen LogP contribution in [0.15, 0.2) is 42.6 Å². The van der Waals surface area contributed by atoms with Crippen molar-refractivity contribution in [1.82, 2.24) is 9.88 Å². The Kier molecular flexibility index (Phi) is 4.43. The molecule has 2 fully saturated rings. The summed E-state index contributed by atoms with van der Waals surface area (Å²) in [5.74, 6) is 1.51. The van der Waals surface area contributed by atoms with Crippen molar-refractivity contribution < 1.29 is 4.79 Å². The third-order valence-electron chi connectivity index (χ3n) is 5.43. The van der Waals surface area contributed by atoms with Gasteiger partial charge in [0.05, 0.1) is 0 Å². The molecular weight excluding hydrogens is 310 g/mol. The summed E-state index contributed by atoms with van der Waals surface area (Å²) in [6.07, 6.45) is 5.20. The number of nitrogens with zero attached hydrogens (tertiary/aromatic N) is 3. The second-order valence-corrected chi connectivity index (χ2v) is 7.24. The average molecular weight is 335 g/mol. The fourth-order valence-electron chi connectivity index (χ4n) is 3.72. The number of benzene rings is 1. The minimum absolute atomic E-state index is 0.140. The van der Waals surface area contributed by atoms with E-state index < -0.39 is 0 Å². The molecule has 2 aromatic rings. The van der Waals surface area contributed by atoms with Crippen LogP contribution in [0.5, 0.6) is 0 Å². The van der Waals surface area contributed by atoms with E-state index in [0.717, 1.165) is 50.4 Å². The van der Waals surface area contributed by atoms with E-state index in [-0.39, 0.29) is 5.91 Å². The first-order chi connectivity index (χ1) is 12.2. The Morgan fingerprint density at radius 1 is 1.08 bits per heavy atom. The Morgan fingerprint density at radius 2 is 1.88 bits per heavy atom. The molecule has 0 saturated carbocycles. The molecule has 4 nitrogen and oxygen atoms in total. The third kappa shape index (κ3) is 3.39. The van der Waals surface area contributed by atoms with Gasteiger partial charge in [-0.15, -0.1) is 0 Å². The number of hydrogen-bond acceptors (Lipinski definition) is 3. The van der Waals surface area contributed by atoms with E-state index in [1.54, 1.807) is 6.20 Å². The number of aryl methyl sites for hydroxylation is 1. The van der Waals surface area contributed by atoms with Crippen LogP contribution in [0.1, 0.15) is 46.7 Å². The largest absolute Gasteiger partial charge is 0.356 e. The molecule has 3 heterocycles. The zero-order valence-electron chi connectivity index (χ0n) is 14.8. The smallest absolute Gasteiger partial charge is 0.254 e. The van der Waals surface area contributed by atoms with E-state index in [0.29, 0.717) is 5.92 Å². The first-order valence-corrected chi connectivity index (χ1v) is 9.27. The number of likely N-dealkylation sites (tertiary alicyclic amines) is 1. The van der Waals surface area contributed by atoms with Crippen molar-refractivity contribution in [2.45, 2.75) is 32.1 Å². The summed E-state index contributed by atoms with van der Waals surface area (Å²) in [6.45, 7) is 5.86. The molecule has 4 heteroatoms. The molecule has 1 aromatic heterocycles. The van der Waals surface area contributed by atoms with Crippen LogP contribution in [0.25, 0.3) is 0 Å². The molecule has 1 aromatic carbocycles. The van der Waals surface area contributed by atoms with E-state index in [4.69, 9.17) is 0 Å². The van der Waals surface area contributed by atoms with Crippen molar-refractivity contribution in [1.29, 1.82) is 0 Å². The minimum Gasteiger partial charge on any atom is -0.356 e. The normalized spacial score (nSPS) is 20.3. The van der Waals surface area contributed by atoms with E-state index in [1.165, 1.54) is 17.5 Å². The van der Waals surface area contributed by atoms with Gasteiger partial charge in [0.25, 0.3) is 5.91 Å². The Labute approximate surface area is 149 Å². The molecule has 0 radical (unpaired) electrons. The number of pyridine rings is 1. The quantitative estimate of drug-likeness (QED) is 0.859. The van der Waals surface area contributed by atoms with Gasteiger partial charge in [-0.25, -0.2) is 4.98 Å². The number of carbonyl (C=O) groups is 1. The van der Waals surface area contributed by atoms with Crippen molar-refractivity contribution in [3.8, 4) is 0 Å². The molecule has 0 aliphatic carbocycles. The first kappa shape index (κ1) is 16.1. The van der Waals surface area contributed by atoms with Gasteiger partial charge in [-0.05, 0) is 43.9 Å². The lowest BCUT2D eigenvalue weighted by Gasteiger charge is -2.34. The summed E-state index contributed by atoms with van der Waals surface area (Å²) in [7, 11) is 0. The number of carbonyl (C=O) groups excluding carboxylic acids is 1.